The molecule has 1 aromatic heterocycles. The summed E-state index contributed by atoms with van der Waals surface area (Å²) >= 11 is 0. The highest BCUT2D eigenvalue weighted by Crippen LogP contribution is 2.34. The zero-order valence-corrected chi connectivity index (χ0v) is 19.1. The minimum Gasteiger partial charge on any atom is -0.369 e. The minimum atomic E-state index is -0.437. The van der Waals surface area contributed by atoms with Crippen molar-refractivity contribution in [1.82, 2.24) is 9.97 Å². The summed E-state index contributed by atoms with van der Waals surface area (Å²) in [5, 5.41) is 3.08. The molecule has 7 heteroatoms. The van der Waals surface area contributed by atoms with E-state index in [1.54, 1.807) is 0 Å². The number of hydrogen-bond donors (Lipinski definition) is 2. The lowest BCUT2D eigenvalue weighted by Crippen LogP contribution is -2.27. The number of anilines is 2. The molecule has 0 radical (unpaired) electrons. The van der Waals surface area contributed by atoms with E-state index in [2.05, 4.69) is 53.4 Å². The molecule has 0 atom stereocenters. The molecule has 2 aromatic carbocycles. The average molecular weight is 448 g/mol. The van der Waals surface area contributed by atoms with E-state index < -0.39 is 5.82 Å². The Labute approximate surface area is 194 Å². The van der Waals surface area contributed by atoms with Crippen molar-refractivity contribution < 1.29 is 9.18 Å². The maximum atomic E-state index is 15.4. The Balaban J connectivity index is 1.47. The van der Waals surface area contributed by atoms with E-state index >= 15 is 4.39 Å². The van der Waals surface area contributed by atoms with Crippen LogP contribution in [-0.2, 0) is 24.3 Å². The van der Waals surface area contributed by atoms with Gasteiger partial charge in [0.25, 0.3) is 0 Å². The second kappa shape index (κ2) is 9.98. The number of halogens is 1. The van der Waals surface area contributed by atoms with Gasteiger partial charge in [-0.15, -0.1) is 0 Å². The fourth-order valence-corrected chi connectivity index (χ4v) is 3.81. The van der Waals surface area contributed by atoms with Gasteiger partial charge in [-0.1, -0.05) is 62.4 Å². The quantitative estimate of drug-likeness (QED) is 0.476. The zero-order valence-electron chi connectivity index (χ0n) is 19.1. The van der Waals surface area contributed by atoms with Crippen molar-refractivity contribution in [1.29, 1.82) is 0 Å². The van der Waals surface area contributed by atoms with Gasteiger partial charge >= 0.3 is 0 Å². The number of carbonyl (C=O) groups excluding carboxylic acids is 1. The zero-order chi connectivity index (χ0) is 23.4. The number of rotatable bonds is 10. The normalized spacial score (nSPS) is 13.2. The predicted molar refractivity (Wildman–Crippen MR) is 128 cm³/mol. The third kappa shape index (κ3) is 5.86. The van der Waals surface area contributed by atoms with Crippen LogP contribution in [0.5, 0.6) is 0 Å². The number of nitrogens with one attached hydrogen (secondary N) is 1. The van der Waals surface area contributed by atoms with Gasteiger partial charge in [0.05, 0.1) is 6.42 Å². The summed E-state index contributed by atoms with van der Waals surface area (Å²) < 4.78 is 15.4. The first-order valence-electron chi connectivity index (χ1n) is 11.4. The number of amides is 1. The maximum Gasteiger partial charge on any atom is 0.221 e. The van der Waals surface area contributed by atoms with Crippen LogP contribution in [0.25, 0.3) is 0 Å². The van der Waals surface area contributed by atoms with Crippen LogP contribution >= 0.6 is 0 Å². The molecular formula is C26H30FN5O. The molecule has 0 aliphatic heterocycles. The second-order valence-electron chi connectivity index (χ2n) is 8.93. The van der Waals surface area contributed by atoms with Gasteiger partial charge in [-0.2, -0.15) is 4.39 Å². The van der Waals surface area contributed by atoms with E-state index in [0.29, 0.717) is 30.9 Å². The summed E-state index contributed by atoms with van der Waals surface area (Å²) in [5.41, 5.74) is 9.46. The summed E-state index contributed by atoms with van der Waals surface area (Å²) in [5.74, 6) is 0.189. The summed E-state index contributed by atoms with van der Waals surface area (Å²) in [6.07, 6.45) is 3.69. The first-order valence-corrected chi connectivity index (χ1v) is 11.4. The highest BCUT2D eigenvalue weighted by atomic mass is 19.1. The predicted octanol–water partition coefficient (Wildman–Crippen LogP) is 4.55. The molecule has 1 fully saturated rings. The molecule has 1 saturated carbocycles. The van der Waals surface area contributed by atoms with Gasteiger partial charge in [0.15, 0.2) is 11.6 Å². The van der Waals surface area contributed by atoms with Crippen LogP contribution in [-0.4, -0.2) is 21.9 Å². The number of nitrogens with two attached hydrogens (primary N) is 1. The van der Waals surface area contributed by atoms with E-state index in [4.69, 9.17) is 5.73 Å². The molecule has 1 aliphatic rings. The Morgan fingerprint density at radius 3 is 2.30 bits per heavy atom. The van der Waals surface area contributed by atoms with Gasteiger partial charge in [-0.3, -0.25) is 4.79 Å². The minimum absolute atomic E-state index is 0.182. The lowest BCUT2D eigenvalue weighted by molar-refractivity contribution is -0.117. The number of carbonyl (C=O) groups is 1. The van der Waals surface area contributed by atoms with Crippen molar-refractivity contribution in [2.24, 2.45) is 5.73 Å². The van der Waals surface area contributed by atoms with Gasteiger partial charge in [-0.25, -0.2) is 9.97 Å². The number of benzene rings is 2. The fourth-order valence-electron chi connectivity index (χ4n) is 3.81. The Bertz CT molecular complexity index is 1090. The van der Waals surface area contributed by atoms with Crippen molar-refractivity contribution in [3.63, 3.8) is 0 Å². The Hall–Kier alpha value is -3.48. The van der Waals surface area contributed by atoms with Crippen LogP contribution in [0.4, 0.5) is 16.0 Å². The molecule has 1 heterocycles. The van der Waals surface area contributed by atoms with E-state index in [1.807, 2.05) is 29.2 Å². The Morgan fingerprint density at radius 1 is 1.06 bits per heavy atom. The smallest absolute Gasteiger partial charge is 0.221 e. The van der Waals surface area contributed by atoms with Gasteiger partial charge in [0.2, 0.25) is 11.7 Å². The molecule has 3 N–H and O–H groups in total. The first-order chi connectivity index (χ1) is 15.9. The van der Waals surface area contributed by atoms with Crippen molar-refractivity contribution in [2.75, 3.05) is 10.2 Å². The van der Waals surface area contributed by atoms with Gasteiger partial charge < -0.3 is 16.0 Å². The van der Waals surface area contributed by atoms with Crippen molar-refractivity contribution in [3.05, 3.63) is 82.9 Å². The highest BCUT2D eigenvalue weighted by Gasteiger charge is 2.32. The van der Waals surface area contributed by atoms with E-state index in [0.717, 1.165) is 29.5 Å². The number of hydrogen-bond acceptors (Lipinski definition) is 5. The third-order valence-electron chi connectivity index (χ3n) is 5.89. The molecular weight excluding hydrogens is 417 g/mol. The molecule has 33 heavy (non-hydrogen) atoms. The van der Waals surface area contributed by atoms with Gasteiger partial charge in [0, 0.05) is 19.1 Å². The molecule has 0 bridgehead atoms. The lowest BCUT2D eigenvalue weighted by Gasteiger charge is -2.25. The Kier molecular flexibility index (Phi) is 6.87. The third-order valence-corrected chi connectivity index (χ3v) is 5.89. The van der Waals surface area contributed by atoms with Crippen molar-refractivity contribution in [3.8, 4) is 0 Å². The molecule has 3 aromatic rings. The molecule has 6 nitrogen and oxygen atoms in total. The topological polar surface area (TPSA) is 84.1 Å². The monoisotopic (exact) mass is 447 g/mol. The largest absolute Gasteiger partial charge is 0.369 e. The van der Waals surface area contributed by atoms with Crippen LogP contribution in [0.2, 0.25) is 0 Å². The number of nitrogens with zero attached hydrogens (tertiary/aromatic N) is 3. The maximum absolute atomic E-state index is 15.4. The molecule has 1 amide bonds. The summed E-state index contributed by atoms with van der Waals surface area (Å²) in [7, 11) is 0. The molecule has 0 unspecified atom stereocenters. The molecule has 1 aliphatic carbocycles. The second-order valence-corrected chi connectivity index (χ2v) is 8.93. The number of aromatic nitrogens is 2. The fraction of sp³-hybridized carbons (Fsp3) is 0.346. The molecule has 4 rings (SSSR count). The van der Waals surface area contributed by atoms with Crippen LogP contribution in [0.1, 0.15) is 54.9 Å². The van der Waals surface area contributed by atoms with Crippen LogP contribution in [0.3, 0.4) is 0 Å². The molecule has 0 saturated heterocycles. The SMILES string of the molecule is CC(C)c1ccc(CN(c2ncnc(NCc3ccc(CC(N)=O)cc3)c2F)C2CC2)cc1. The summed E-state index contributed by atoms with van der Waals surface area (Å²) in [4.78, 5) is 21.5. The van der Waals surface area contributed by atoms with E-state index in [-0.39, 0.29) is 18.1 Å². The number of primary amides is 1. The van der Waals surface area contributed by atoms with Crippen molar-refractivity contribution >= 4 is 17.5 Å². The van der Waals surface area contributed by atoms with Crippen LogP contribution in [0.15, 0.2) is 54.9 Å². The summed E-state index contributed by atoms with van der Waals surface area (Å²) in [6.45, 7) is 5.36. The standard InChI is InChI=1S/C26H30FN5O/c1-17(2)21-9-7-20(8-10-21)15-32(22-11-12-22)26-24(27)25(30-16-31-26)29-14-19-5-3-18(4-6-19)13-23(28)33/h3-10,16-17,22H,11-15H2,1-2H3,(H2,28,33)(H,29,30,31). The van der Waals surface area contributed by atoms with E-state index in [1.165, 1.54) is 11.9 Å². The van der Waals surface area contributed by atoms with Crippen LogP contribution < -0.4 is 16.0 Å². The molecule has 172 valence electrons. The first kappa shape index (κ1) is 22.7. The molecule has 0 spiro atoms. The van der Waals surface area contributed by atoms with Gasteiger partial charge in [-0.05, 0) is 41.0 Å². The van der Waals surface area contributed by atoms with Crippen molar-refractivity contribution in [2.45, 2.75) is 58.2 Å². The highest BCUT2D eigenvalue weighted by molar-refractivity contribution is 5.76. The average Bonchev–Trinajstić information content (AvgIpc) is 3.63. The van der Waals surface area contributed by atoms with Crippen LogP contribution in [0, 0.1) is 5.82 Å². The Morgan fingerprint density at radius 2 is 1.70 bits per heavy atom. The lowest BCUT2D eigenvalue weighted by atomic mass is 10.0. The summed E-state index contributed by atoms with van der Waals surface area (Å²) in [6, 6.07) is 16.3. The van der Waals surface area contributed by atoms with E-state index in [9.17, 15) is 4.79 Å². The van der Waals surface area contributed by atoms with Gasteiger partial charge in [0.1, 0.15) is 6.33 Å².